The van der Waals surface area contributed by atoms with Gasteiger partial charge in [0, 0.05) is 37.3 Å². The molecule has 1 aliphatic rings. The summed E-state index contributed by atoms with van der Waals surface area (Å²) in [5.41, 5.74) is 0.792. The molecule has 3 amide bonds. The lowest BCUT2D eigenvalue weighted by Gasteiger charge is -2.34. The van der Waals surface area contributed by atoms with E-state index >= 15 is 0 Å². The van der Waals surface area contributed by atoms with Gasteiger partial charge >= 0.3 is 0 Å². The maximum Gasteiger partial charge on any atom is 0.254 e. The van der Waals surface area contributed by atoms with Crippen molar-refractivity contribution < 1.29 is 18.8 Å². The Labute approximate surface area is 156 Å². The first-order valence-corrected chi connectivity index (χ1v) is 8.70. The number of rotatable bonds is 4. The Morgan fingerprint density at radius 1 is 0.852 bits per heavy atom. The third-order valence-corrected chi connectivity index (χ3v) is 4.43. The monoisotopic (exact) mass is 369 g/mol. The van der Waals surface area contributed by atoms with Crippen LogP contribution < -0.4 is 5.32 Å². The Morgan fingerprint density at radius 3 is 2.15 bits per heavy atom. The summed E-state index contributed by atoms with van der Waals surface area (Å²) < 4.78 is 13.3. The lowest BCUT2D eigenvalue weighted by Crippen LogP contribution is -2.52. The van der Waals surface area contributed by atoms with Crippen LogP contribution in [-0.4, -0.2) is 60.2 Å². The molecule has 1 N–H and O–H groups in total. The first kappa shape index (κ1) is 18.6. The maximum absolute atomic E-state index is 13.3. The minimum atomic E-state index is -0.455. The van der Waals surface area contributed by atoms with Crippen LogP contribution in [-0.2, 0) is 4.79 Å². The molecule has 140 valence electrons. The molecule has 0 saturated carbocycles. The SMILES string of the molecule is O=C(NCC(=O)N1CCN(C(=O)c2cccc(F)c2)CC1)c1ccccc1. The molecule has 1 aliphatic heterocycles. The second kappa shape index (κ2) is 8.44. The molecule has 0 spiro atoms. The Balaban J connectivity index is 1.48. The molecule has 1 fully saturated rings. The van der Waals surface area contributed by atoms with Gasteiger partial charge in [0.15, 0.2) is 0 Å². The van der Waals surface area contributed by atoms with E-state index in [1.165, 1.54) is 18.2 Å². The highest BCUT2D eigenvalue weighted by molar-refractivity contribution is 5.96. The quantitative estimate of drug-likeness (QED) is 0.889. The summed E-state index contributed by atoms with van der Waals surface area (Å²) in [5, 5.41) is 2.61. The maximum atomic E-state index is 13.3. The van der Waals surface area contributed by atoms with Gasteiger partial charge in [-0.1, -0.05) is 24.3 Å². The Morgan fingerprint density at radius 2 is 1.48 bits per heavy atom. The standard InChI is InChI=1S/C20H20FN3O3/c21-17-8-4-7-16(13-17)20(27)24-11-9-23(10-12-24)18(25)14-22-19(26)15-5-2-1-3-6-15/h1-8,13H,9-12,14H2,(H,22,26). The highest BCUT2D eigenvalue weighted by Crippen LogP contribution is 2.10. The fourth-order valence-electron chi connectivity index (χ4n) is 2.92. The van der Waals surface area contributed by atoms with Crippen molar-refractivity contribution in [2.45, 2.75) is 0 Å². The number of carbonyl (C=O) groups excluding carboxylic acids is 3. The summed E-state index contributed by atoms with van der Waals surface area (Å²) in [4.78, 5) is 39.9. The Bertz CT molecular complexity index is 833. The predicted molar refractivity (Wildman–Crippen MR) is 97.7 cm³/mol. The van der Waals surface area contributed by atoms with Crippen LogP contribution in [0.2, 0.25) is 0 Å². The molecule has 1 saturated heterocycles. The van der Waals surface area contributed by atoms with Crippen LogP contribution in [0.1, 0.15) is 20.7 Å². The van der Waals surface area contributed by atoms with E-state index in [1.807, 2.05) is 6.07 Å². The van der Waals surface area contributed by atoms with Crippen molar-refractivity contribution in [2.75, 3.05) is 32.7 Å². The van der Waals surface area contributed by atoms with E-state index in [1.54, 1.807) is 40.1 Å². The fraction of sp³-hybridized carbons (Fsp3) is 0.250. The molecule has 0 unspecified atom stereocenters. The van der Waals surface area contributed by atoms with Gasteiger partial charge in [-0.05, 0) is 30.3 Å². The summed E-state index contributed by atoms with van der Waals surface area (Å²) in [6.45, 7) is 1.40. The first-order valence-electron chi connectivity index (χ1n) is 8.70. The molecule has 1 heterocycles. The average Bonchev–Trinajstić information content (AvgIpc) is 2.72. The van der Waals surface area contributed by atoms with Gasteiger partial charge in [0.05, 0.1) is 6.54 Å². The number of benzene rings is 2. The van der Waals surface area contributed by atoms with E-state index in [-0.39, 0.29) is 24.3 Å². The van der Waals surface area contributed by atoms with Gasteiger partial charge in [-0.25, -0.2) is 4.39 Å². The lowest BCUT2D eigenvalue weighted by molar-refractivity contribution is -0.131. The smallest absolute Gasteiger partial charge is 0.254 e. The molecular formula is C20H20FN3O3. The van der Waals surface area contributed by atoms with Gasteiger partial charge in [-0.2, -0.15) is 0 Å². The summed E-state index contributed by atoms with van der Waals surface area (Å²) in [6, 6.07) is 14.2. The molecule has 3 rings (SSSR count). The topological polar surface area (TPSA) is 69.7 Å². The number of nitrogens with one attached hydrogen (secondary N) is 1. The van der Waals surface area contributed by atoms with Crippen molar-refractivity contribution in [3.8, 4) is 0 Å². The molecule has 2 aromatic carbocycles. The Hall–Kier alpha value is -3.22. The second-order valence-corrected chi connectivity index (χ2v) is 6.23. The number of hydrogen-bond acceptors (Lipinski definition) is 3. The molecule has 6 nitrogen and oxygen atoms in total. The van der Waals surface area contributed by atoms with Crippen molar-refractivity contribution in [3.63, 3.8) is 0 Å². The van der Waals surface area contributed by atoms with Crippen molar-refractivity contribution in [3.05, 3.63) is 71.5 Å². The molecule has 0 radical (unpaired) electrons. The average molecular weight is 369 g/mol. The van der Waals surface area contributed by atoms with Crippen molar-refractivity contribution >= 4 is 17.7 Å². The largest absolute Gasteiger partial charge is 0.343 e. The highest BCUT2D eigenvalue weighted by Gasteiger charge is 2.25. The van der Waals surface area contributed by atoms with Gasteiger partial charge in [-0.15, -0.1) is 0 Å². The molecule has 0 bridgehead atoms. The third-order valence-electron chi connectivity index (χ3n) is 4.43. The summed E-state index contributed by atoms with van der Waals surface area (Å²) in [6.07, 6.45) is 0. The van der Waals surface area contributed by atoms with Gasteiger partial charge in [0.1, 0.15) is 5.82 Å². The molecule has 0 aromatic heterocycles. The minimum Gasteiger partial charge on any atom is -0.343 e. The Kier molecular flexibility index (Phi) is 5.80. The lowest BCUT2D eigenvalue weighted by atomic mass is 10.1. The molecule has 7 heteroatoms. The van der Waals surface area contributed by atoms with Crippen LogP contribution in [0.3, 0.4) is 0 Å². The summed E-state index contributed by atoms with van der Waals surface area (Å²) in [5.74, 6) is -1.20. The molecule has 27 heavy (non-hydrogen) atoms. The number of halogens is 1. The molecule has 2 aromatic rings. The molecule has 0 atom stereocenters. The highest BCUT2D eigenvalue weighted by atomic mass is 19.1. The van der Waals surface area contributed by atoms with E-state index < -0.39 is 5.82 Å². The van der Waals surface area contributed by atoms with Crippen LogP contribution in [0.4, 0.5) is 4.39 Å². The third kappa shape index (κ3) is 4.69. The van der Waals surface area contributed by atoms with E-state index in [0.717, 1.165) is 0 Å². The predicted octanol–water partition coefficient (Wildman–Crippen LogP) is 1.54. The zero-order valence-electron chi connectivity index (χ0n) is 14.7. The van der Waals surface area contributed by atoms with E-state index in [2.05, 4.69) is 5.32 Å². The summed E-state index contributed by atoms with van der Waals surface area (Å²) >= 11 is 0. The van der Waals surface area contributed by atoms with Gasteiger partial charge in [0.25, 0.3) is 11.8 Å². The van der Waals surface area contributed by atoms with Crippen molar-refractivity contribution in [1.29, 1.82) is 0 Å². The van der Waals surface area contributed by atoms with Crippen LogP contribution in [0.5, 0.6) is 0 Å². The number of piperazine rings is 1. The van der Waals surface area contributed by atoms with Crippen LogP contribution in [0, 0.1) is 5.82 Å². The zero-order chi connectivity index (χ0) is 19.2. The van der Waals surface area contributed by atoms with E-state index in [4.69, 9.17) is 0 Å². The van der Waals surface area contributed by atoms with E-state index in [0.29, 0.717) is 37.3 Å². The van der Waals surface area contributed by atoms with Crippen LogP contribution >= 0.6 is 0 Å². The van der Waals surface area contributed by atoms with Gasteiger partial charge in [0.2, 0.25) is 5.91 Å². The molecular weight excluding hydrogens is 349 g/mol. The second-order valence-electron chi connectivity index (χ2n) is 6.23. The van der Waals surface area contributed by atoms with Crippen molar-refractivity contribution in [2.24, 2.45) is 0 Å². The van der Waals surface area contributed by atoms with E-state index in [9.17, 15) is 18.8 Å². The molecule has 0 aliphatic carbocycles. The first-order chi connectivity index (χ1) is 13.0. The summed E-state index contributed by atoms with van der Waals surface area (Å²) in [7, 11) is 0. The number of carbonyl (C=O) groups is 3. The van der Waals surface area contributed by atoms with Crippen LogP contribution in [0.25, 0.3) is 0 Å². The van der Waals surface area contributed by atoms with Gasteiger partial charge < -0.3 is 15.1 Å². The van der Waals surface area contributed by atoms with Crippen molar-refractivity contribution in [1.82, 2.24) is 15.1 Å². The minimum absolute atomic E-state index is 0.0917. The fourth-order valence-corrected chi connectivity index (χ4v) is 2.92. The number of hydrogen-bond donors (Lipinski definition) is 1. The number of nitrogens with zero attached hydrogens (tertiary/aromatic N) is 2. The van der Waals surface area contributed by atoms with Crippen LogP contribution in [0.15, 0.2) is 54.6 Å². The normalized spacial score (nSPS) is 14.0. The van der Waals surface area contributed by atoms with Gasteiger partial charge in [-0.3, -0.25) is 14.4 Å². The zero-order valence-corrected chi connectivity index (χ0v) is 14.7. The number of amides is 3.